The number of fused-ring (bicyclic) bond motifs is 1. The topological polar surface area (TPSA) is 58.6 Å². The minimum absolute atomic E-state index is 0.0676. The first-order valence-electron chi connectivity index (χ1n) is 4.44. The molecular formula is C10H11NO3. The number of aromatic hydroxyl groups is 1. The number of phenols is 1. The number of carbonyl (C=O) groups excluding carboxylic acids is 1. The largest absolute Gasteiger partial charge is 0.508 e. The molecule has 1 aromatic rings. The van der Waals surface area contributed by atoms with Gasteiger partial charge in [0.25, 0.3) is 0 Å². The van der Waals surface area contributed by atoms with Crippen molar-refractivity contribution in [2.24, 2.45) is 0 Å². The van der Waals surface area contributed by atoms with Crippen LogP contribution >= 0.6 is 0 Å². The van der Waals surface area contributed by atoms with Crippen molar-refractivity contribution in [1.82, 2.24) is 0 Å². The van der Waals surface area contributed by atoms with E-state index in [0.29, 0.717) is 17.9 Å². The van der Waals surface area contributed by atoms with E-state index >= 15 is 0 Å². The molecule has 1 amide bonds. The van der Waals surface area contributed by atoms with Crippen molar-refractivity contribution in [2.45, 2.75) is 19.4 Å². The van der Waals surface area contributed by atoms with Gasteiger partial charge in [0.2, 0.25) is 5.91 Å². The summed E-state index contributed by atoms with van der Waals surface area (Å²) in [4.78, 5) is 11.3. The van der Waals surface area contributed by atoms with Crippen LogP contribution in [0.25, 0.3) is 0 Å². The summed E-state index contributed by atoms with van der Waals surface area (Å²) in [7, 11) is 0. The van der Waals surface area contributed by atoms with Gasteiger partial charge < -0.3 is 15.2 Å². The first-order valence-corrected chi connectivity index (χ1v) is 4.44. The predicted octanol–water partition coefficient (Wildman–Crippen LogP) is 1.50. The fourth-order valence-electron chi connectivity index (χ4n) is 1.43. The second kappa shape index (κ2) is 3.21. The van der Waals surface area contributed by atoms with Gasteiger partial charge in [0.05, 0.1) is 12.1 Å². The fraction of sp³-hybridized carbons (Fsp3) is 0.300. The molecule has 2 N–H and O–H groups in total. The van der Waals surface area contributed by atoms with Gasteiger partial charge in [-0.1, -0.05) is 0 Å². The van der Waals surface area contributed by atoms with E-state index in [-0.39, 0.29) is 17.8 Å². The van der Waals surface area contributed by atoms with E-state index in [1.54, 1.807) is 6.07 Å². The lowest BCUT2D eigenvalue weighted by molar-refractivity contribution is -0.117. The summed E-state index contributed by atoms with van der Waals surface area (Å²) < 4.78 is 5.46. The van der Waals surface area contributed by atoms with Crippen molar-refractivity contribution in [3.63, 3.8) is 0 Å². The zero-order valence-corrected chi connectivity index (χ0v) is 7.78. The molecule has 0 aliphatic carbocycles. The Kier molecular flexibility index (Phi) is 2.04. The molecule has 1 aliphatic rings. The van der Waals surface area contributed by atoms with E-state index in [1.165, 1.54) is 12.1 Å². The number of carbonyl (C=O) groups is 1. The summed E-state index contributed by atoms with van der Waals surface area (Å²) in [5.41, 5.74) is 0.608. The van der Waals surface area contributed by atoms with Crippen LogP contribution in [0.15, 0.2) is 18.2 Å². The molecule has 1 heterocycles. The van der Waals surface area contributed by atoms with Gasteiger partial charge in [-0.05, 0) is 19.1 Å². The molecule has 1 unspecified atom stereocenters. The SMILES string of the molecule is CC1CC(=O)Nc2ccc(O)cc2O1. The smallest absolute Gasteiger partial charge is 0.228 e. The van der Waals surface area contributed by atoms with Gasteiger partial charge >= 0.3 is 0 Å². The van der Waals surface area contributed by atoms with Crippen molar-refractivity contribution in [1.29, 1.82) is 0 Å². The Morgan fingerprint density at radius 1 is 1.57 bits per heavy atom. The molecule has 0 radical (unpaired) electrons. The summed E-state index contributed by atoms with van der Waals surface area (Å²) in [5, 5.41) is 11.9. The molecular weight excluding hydrogens is 182 g/mol. The summed E-state index contributed by atoms with van der Waals surface area (Å²) in [6, 6.07) is 4.64. The number of amides is 1. The van der Waals surface area contributed by atoms with Crippen LogP contribution in [-0.4, -0.2) is 17.1 Å². The summed E-state index contributed by atoms with van der Waals surface area (Å²) in [6.45, 7) is 1.82. The quantitative estimate of drug-likeness (QED) is 0.614. The van der Waals surface area contributed by atoms with Gasteiger partial charge in [0.1, 0.15) is 17.6 Å². The third-order valence-corrected chi connectivity index (χ3v) is 2.04. The molecule has 4 heteroatoms. The average Bonchev–Trinajstić information content (AvgIpc) is 2.21. The minimum atomic E-state index is -0.168. The van der Waals surface area contributed by atoms with Gasteiger partial charge in [-0.25, -0.2) is 0 Å². The first-order chi connectivity index (χ1) is 6.65. The number of anilines is 1. The number of hydrogen-bond acceptors (Lipinski definition) is 3. The van der Waals surface area contributed by atoms with Crippen LogP contribution < -0.4 is 10.1 Å². The molecule has 14 heavy (non-hydrogen) atoms. The summed E-state index contributed by atoms with van der Waals surface area (Å²) in [6.07, 6.45) is 0.160. The van der Waals surface area contributed by atoms with Gasteiger partial charge in [-0.2, -0.15) is 0 Å². The number of rotatable bonds is 0. The van der Waals surface area contributed by atoms with E-state index < -0.39 is 0 Å². The maximum absolute atomic E-state index is 11.3. The van der Waals surface area contributed by atoms with Gasteiger partial charge in [0.15, 0.2) is 0 Å². The molecule has 2 rings (SSSR count). The summed E-state index contributed by atoms with van der Waals surface area (Å²) >= 11 is 0. The van der Waals surface area contributed by atoms with Crippen LogP contribution in [0.2, 0.25) is 0 Å². The Balaban J connectivity index is 2.41. The predicted molar refractivity (Wildman–Crippen MR) is 51.4 cm³/mol. The third kappa shape index (κ3) is 1.64. The maximum Gasteiger partial charge on any atom is 0.228 e. The van der Waals surface area contributed by atoms with E-state index in [1.807, 2.05) is 6.92 Å². The molecule has 1 atom stereocenters. The highest BCUT2D eigenvalue weighted by Crippen LogP contribution is 2.31. The molecule has 0 bridgehead atoms. The van der Waals surface area contributed by atoms with Crippen LogP contribution in [0, 0.1) is 0 Å². The lowest BCUT2D eigenvalue weighted by Gasteiger charge is -2.10. The van der Waals surface area contributed by atoms with Gasteiger partial charge in [-0.15, -0.1) is 0 Å². The van der Waals surface area contributed by atoms with Crippen molar-refractivity contribution in [3.05, 3.63) is 18.2 Å². The Morgan fingerprint density at radius 3 is 3.14 bits per heavy atom. The van der Waals surface area contributed by atoms with Crippen LogP contribution in [0.1, 0.15) is 13.3 Å². The molecule has 0 aromatic heterocycles. The molecule has 74 valence electrons. The van der Waals surface area contributed by atoms with Crippen LogP contribution in [0.5, 0.6) is 11.5 Å². The number of phenolic OH excluding ortho intramolecular Hbond substituents is 1. The number of benzene rings is 1. The van der Waals surface area contributed by atoms with Crippen molar-refractivity contribution in [3.8, 4) is 11.5 Å². The number of nitrogens with one attached hydrogen (secondary N) is 1. The Bertz CT molecular complexity index is 376. The van der Waals surface area contributed by atoms with Crippen molar-refractivity contribution >= 4 is 11.6 Å². The van der Waals surface area contributed by atoms with Crippen molar-refractivity contribution in [2.75, 3.05) is 5.32 Å². The van der Waals surface area contributed by atoms with Gasteiger partial charge in [-0.3, -0.25) is 4.79 Å². The standard InChI is InChI=1S/C10H11NO3/c1-6-4-10(13)11-8-3-2-7(12)5-9(8)14-6/h2-3,5-6,12H,4H2,1H3,(H,11,13). The second-order valence-electron chi connectivity index (χ2n) is 3.36. The van der Waals surface area contributed by atoms with E-state index in [2.05, 4.69) is 5.32 Å². The molecule has 0 fully saturated rings. The molecule has 1 aromatic carbocycles. The van der Waals surface area contributed by atoms with Crippen LogP contribution in [0.3, 0.4) is 0 Å². The molecule has 0 spiro atoms. The molecule has 4 nitrogen and oxygen atoms in total. The van der Waals surface area contributed by atoms with E-state index in [9.17, 15) is 9.90 Å². The first kappa shape index (κ1) is 8.87. The molecule has 1 aliphatic heterocycles. The third-order valence-electron chi connectivity index (χ3n) is 2.04. The Morgan fingerprint density at radius 2 is 2.36 bits per heavy atom. The Labute approximate surface area is 81.5 Å². The molecule has 0 saturated heterocycles. The Hall–Kier alpha value is -1.71. The fourth-order valence-corrected chi connectivity index (χ4v) is 1.43. The lowest BCUT2D eigenvalue weighted by atomic mass is 10.2. The highest BCUT2D eigenvalue weighted by Gasteiger charge is 2.19. The van der Waals surface area contributed by atoms with Crippen LogP contribution in [0.4, 0.5) is 5.69 Å². The second-order valence-corrected chi connectivity index (χ2v) is 3.36. The van der Waals surface area contributed by atoms with Crippen LogP contribution in [-0.2, 0) is 4.79 Å². The highest BCUT2D eigenvalue weighted by molar-refractivity contribution is 5.93. The van der Waals surface area contributed by atoms with Crippen molar-refractivity contribution < 1.29 is 14.6 Å². The van der Waals surface area contributed by atoms with E-state index in [0.717, 1.165) is 0 Å². The molecule has 0 saturated carbocycles. The zero-order valence-electron chi connectivity index (χ0n) is 7.78. The average molecular weight is 193 g/mol. The van der Waals surface area contributed by atoms with Gasteiger partial charge in [0, 0.05) is 6.07 Å². The minimum Gasteiger partial charge on any atom is -0.508 e. The lowest BCUT2D eigenvalue weighted by Crippen LogP contribution is -2.17. The summed E-state index contributed by atoms with van der Waals surface area (Å²) in [5.74, 6) is 0.581. The monoisotopic (exact) mass is 193 g/mol. The normalized spacial score (nSPS) is 20.4. The zero-order chi connectivity index (χ0) is 10.1. The van der Waals surface area contributed by atoms with E-state index in [4.69, 9.17) is 4.74 Å². The number of hydrogen-bond donors (Lipinski definition) is 2. The highest BCUT2D eigenvalue weighted by atomic mass is 16.5. The maximum atomic E-state index is 11.3. The number of ether oxygens (including phenoxy) is 1.